The predicted molar refractivity (Wildman–Crippen MR) is 72.0 cm³/mol. The molecule has 0 heterocycles. The third-order valence-corrected chi connectivity index (χ3v) is 3.03. The van der Waals surface area contributed by atoms with Gasteiger partial charge in [-0.1, -0.05) is 24.6 Å². The maximum absolute atomic E-state index is 11.2. The number of carbonyl (C=O) groups is 1. The average Bonchev–Trinajstić information content (AvgIpc) is 2.26. The summed E-state index contributed by atoms with van der Waals surface area (Å²) >= 11 is 0. The van der Waals surface area contributed by atoms with Crippen molar-refractivity contribution in [3.63, 3.8) is 0 Å². The number of rotatable bonds is 6. The van der Waals surface area contributed by atoms with Gasteiger partial charge in [0.05, 0.1) is 0 Å². The quantitative estimate of drug-likeness (QED) is 0.844. The summed E-state index contributed by atoms with van der Waals surface area (Å²) in [5.41, 5.74) is 4.57. The Morgan fingerprint density at radius 2 is 1.83 bits per heavy atom. The van der Waals surface area contributed by atoms with Crippen molar-refractivity contribution >= 4 is 5.97 Å². The Labute approximate surface area is 109 Å². The van der Waals surface area contributed by atoms with Crippen molar-refractivity contribution in [1.82, 2.24) is 0 Å². The van der Waals surface area contributed by atoms with Gasteiger partial charge in [-0.25, -0.2) is 4.79 Å². The fourth-order valence-corrected chi connectivity index (χ4v) is 2.19. The molecule has 0 fully saturated rings. The molecule has 100 valence electrons. The first-order valence-electron chi connectivity index (χ1n) is 6.36. The van der Waals surface area contributed by atoms with Gasteiger partial charge < -0.3 is 9.84 Å². The van der Waals surface area contributed by atoms with Crippen LogP contribution in [0.3, 0.4) is 0 Å². The van der Waals surface area contributed by atoms with Crippen molar-refractivity contribution in [3.05, 3.63) is 34.4 Å². The van der Waals surface area contributed by atoms with E-state index in [0.29, 0.717) is 13.0 Å². The highest BCUT2D eigenvalue weighted by Crippen LogP contribution is 2.19. The van der Waals surface area contributed by atoms with E-state index >= 15 is 0 Å². The van der Waals surface area contributed by atoms with Gasteiger partial charge >= 0.3 is 5.97 Å². The van der Waals surface area contributed by atoms with Crippen LogP contribution in [0.25, 0.3) is 0 Å². The minimum absolute atomic E-state index is 0.438. The molecule has 0 aliphatic carbocycles. The van der Waals surface area contributed by atoms with Crippen LogP contribution >= 0.6 is 0 Å². The van der Waals surface area contributed by atoms with E-state index in [-0.39, 0.29) is 0 Å². The van der Waals surface area contributed by atoms with Crippen LogP contribution in [0.2, 0.25) is 0 Å². The van der Waals surface area contributed by atoms with E-state index in [0.717, 1.165) is 23.1 Å². The maximum atomic E-state index is 11.2. The Bertz CT molecular complexity index is 401. The molecule has 0 bridgehead atoms. The molecule has 0 saturated heterocycles. The fraction of sp³-hybridized carbons (Fsp3) is 0.533. The first-order valence-corrected chi connectivity index (χ1v) is 6.36. The Morgan fingerprint density at radius 1 is 1.28 bits per heavy atom. The summed E-state index contributed by atoms with van der Waals surface area (Å²) < 4.78 is 5.40. The van der Waals surface area contributed by atoms with E-state index < -0.39 is 12.1 Å². The third kappa shape index (κ3) is 3.84. The van der Waals surface area contributed by atoms with Crippen molar-refractivity contribution in [2.75, 3.05) is 6.61 Å². The molecule has 18 heavy (non-hydrogen) atoms. The van der Waals surface area contributed by atoms with Crippen LogP contribution in [-0.4, -0.2) is 23.8 Å². The SMILES string of the molecule is CCCO[C@@H](Cc1c(C)cc(C)cc1C)C(=O)O. The molecule has 1 aromatic carbocycles. The summed E-state index contributed by atoms with van der Waals surface area (Å²) in [6.07, 6.45) is 0.521. The Morgan fingerprint density at radius 3 is 2.28 bits per heavy atom. The summed E-state index contributed by atoms with van der Waals surface area (Å²) in [7, 11) is 0. The monoisotopic (exact) mass is 250 g/mol. The second-order valence-electron chi connectivity index (χ2n) is 4.78. The lowest BCUT2D eigenvalue weighted by Crippen LogP contribution is -2.27. The lowest BCUT2D eigenvalue weighted by Gasteiger charge is -2.17. The lowest BCUT2D eigenvalue weighted by molar-refractivity contribution is -0.150. The zero-order chi connectivity index (χ0) is 13.7. The van der Waals surface area contributed by atoms with Gasteiger partial charge in [0.1, 0.15) is 0 Å². The highest BCUT2D eigenvalue weighted by atomic mass is 16.5. The van der Waals surface area contributed by atoms with Crippen LogP contribution in [0.15, 0.2) is 12.1 Å². The van der Waals surface area contributed by atoms with Gasteiger partial charge in [-0.3, -0.25) is 0 Å². The van der Waals surface area contributed by atoms with Crippen LogP contribution in [-0.2, 0) is 16.0 Å². The van der Waals surface area contributed by atoms with E-state index in [1.807, 2.05) is 27.7 Å². The van der Waals surface area contributed by atoms with E-state index in [4.69, 9.17) is 4.74 Å². The molecule has 0 aromatic heterocycles. The second kappa shape index (κ2) is 6.55. The largest absolute Gasteiger partial charge is 0.479 e. The van der Waals surface area contributed by atoms with E-state index in [9.17, 15) is 9.90 Å². The first kappa shape index (κ1) is 14.7. The molecule has 1 aromatic rings. The smallest absolute Gasteiger partial charge is 0.333 e. The first-order chi connectivity index (χ1) is 8.45. The highest BCUT2D eigenvalue weighted by molar-refractivity contribution is 5.73. The lowest BCUT2D eigenvalue weighted by atomic mass is 9.95. The zero-order valence-corrected chi connectivity index (χ0v) is 11.6. The summed E-state index contributed by atoms with van der Waals surface area (Å²) in [6.45, 7) is 8.55. The maximum Gasteiger partial charge on any atom is 0.333 e. The van der Waals surface area contributed by atoms with E-state index in [2.05, 4.69) is 12.1 Å². The average molecular weight is 250 g/mol. The van der Waals surface area contributed by atoms with Crippen molar-refractivity contribution in [3.8, 4) is 0 Å². The fourth-order valence-electron chi connectivity index (χ4n) is 2.19. The molecule has 1 N–H and O–H groups in total. The van der Waals surface area contributed by atoms with Gasteiger partial charge in [-0.2, -0.15) is 0 Å². The number of aliphatic carboxylic acids is 1. The number of ether oxygens (including phenoxy) is 1. The minimum Gasteiger partial charge on any atom is -0.479 e. The molecule has 0 aliphatic rings. The number of aryl methyl sites for hydroxylation is 3. The number of carboxylic acid groups (broad SMARTS) is 1. The zero-order valence-electron chi connectivity index (χ0n) is 11.6. The van der Waals surface area contributed by atoms with Crippen LogP contribution in [0.4, 0.5) is 0 Å². The molecule has 0 saturated carbocycles. The minimum atomic E-state index is -0.886. The molecule has 0 spiro atoms. The van der Waals surface area contributed by atoms with Gasteiger partial charge in [-0.05, 0) is 43.9 Å². The van der Waals surface area contributed by atoms with Gasteiger partial charge in [-0.15, -0.1) is 0 Å². The molecule has 3 heteroatoms. The summed E-state index contributed by atoms with van der Waals surface area (Å²) in [4.78, 5) is 11.2. The number of hydrogen-bond donors (Lipinski definition) is 1. The van der Waals surface area contributed by atoms with Crippen LogP contribution < -0.4 is 0 Å². The van der Waals surface area contributed by atoms with E-state index in [1.54, 1.807) is 0 Å². The number of hydrogen-bond acceptors (Lipinski definition) is 2. The molecular formula is C15H22O3. The third-order valence-electron chi connectivity index (χ3n) is 3.03. The summed E-state index contributed by atoms with van der Waals surface area (Å²) in [5.74, 6) is -0.886. The topological polar surface area (TPSA) is 46.5 Å². The van der Waals surface area contributed by atoms with Crippen molar-refractivity contribution in [2.45, 2.75) is 46.6 Å². The van der Waals surface area contributed by atoms with Gasteiger partial charge in [0.15, 0.2) is 6.10 Å². The van der Waals surface area contributed by atoms with Crippen molar-refractivity contribution < 1.29 is 14.6 Å². The summed E-state index contributed by atoms with van der Waals surface area (Å²) in [5, 5.41) is 9.17. The molecule has 0 unspecified atom stereocenters. The highest BCUT2D eigenvalue weighted by Gasteiger charge is 2.20. The number of benzene rings is 1. The molecule has 0 aliphatic heterocycles. The summed E-state index contributed by atoms with van der Waals surface area (Å²) in [6, 6.07) is 4.17. The molecular weight excluding hydrogens is 228 g/mol. The normalized spacial score (nSPS) is 12.4. The Kier molecular flexibility index (Phi) is 5.35. The van der Waals surface area contributed by atoms with Gasteiger partial charge in [0.25, 0.3) is 0 Å². The molecule has 1 atom stereocenters. The number of carboxylic acids is 1. The molecule has 1 rings (SSSR count). The van der Waals surface area contributed by atoms with Crippen molar-refractivity contribution in [2.24, 2.45) is 0 Å². The van der Waals surface area contributed by atoms with Gasteiger partial charge in [0.2, 0.25) is 0 Å². The molecule has 0 amide bonds. The molecule has 3 nitrogen and oxygen atoms in total. The van der Waals surface area contributed by atoms with Crippen LogP contribution in [0, 0.1) is 20.8 Å². The van der Waals surface area contributed by atoms with Crippen LogP contribution in [0.1, 0.15) is 35.6 Å². The second-order valence-corrected chi connectivity index (χ2v) is 4.78. The Balaban J connectivity index is 2.90. The predicted octanol–water partition coefficient (Wildman–Crippen LogP) is 3.03. The standard InChI is InChI=1S/C15H22O3/c1-5-6-18-14(15(16)17)9-13-11(3)7-10(2)8-12(13)4/h7-8,14H,5-6,9H2,1-4H3,(H,16,17)/t14-/m0/s1. The Hall–Kier alpha value is -1.35. The van der Waals surface area contributed by atoms with Gasteiger partial charge in [0, 0.05) is 13.0 Å². The van der Waals surface area contributed by atoms with Crippen molar-refractivity contribution in [1.29, 1.82) is 0 Å². The molecule has 0 radical (unpaired) electrons. The van der Waals surface area contributed by atoms with E-state index in [1.165, 1.54) is 5.56 Å². The van der Waals surface area contributed by atoms with Crippen LogP contribution in [0.5, 0.6) is 0 Å².